The van der Waals surface area contributed by atoms with Gasteiger partial charge >= 0.3 is 0 Å². The summed E-state index contributed by atoms with van der Waals surface area (Å²) in [6.45, 7) is 5.17. The molecule has 1 aliphatic heterocycles. The fourth-order valence-corrected chi connectivity index (χ4v) is 2.60. The second kappa shape index (κ2) is 6.70. The lowest BCUT2D eigenvalue weighted by atomic mass is 10.1. The van der Waals surface area contributed by atoms with Gasteiger partial charge in [0.2, 0.25) is 0 Å². The molecule has 1 saturated heterocycles. The molecule has 5 heteroatoms. The lowest BCUT2D eigenvalue weighted by molar-refractivity contribution is 0.0827. The molecule has 1 atom stereocenters. The van der Waals surface area contributed by atoms with Gasteiger partial charge in [-0.25, -0.2) is 4.98 Å². The van der Waals surface area contributed by atoms with Gasteiger partial charge in [0.05, 0.1) is 5.56 Å². The number of rotatable bonds is 4. The van der Waals surface area contributed by atoms with Crippen LogP contribution in [0.4, 0.5) is 5.82 Å². The molecule has 0 saturated carbocycles. The van der Waals surface area contributed by atoms with Gasteiger partial charge in [0.15, 0.2) is 0 Å². The van der Waals surface area contributed by atoms with Gasteiger partial charge in [-0.1, -0.05) is 6.92 Å². The summed E-state index contributed by atoms with van der Waals surface area (Å²) in [6, 6.07) is 4.35. The minimum Gasteiger partial charge on any atom is -0.355 e. The van der Waals surface area contributed by atoms with Crippen LogP contribution < -0.4 is 10.2 Å². The molecule has 2 rings (SSSR count). The molecule has 1 fully saturated rings. The van der Waals surface area contributed by atoms with E-state index in [1.54, 1.807) is 25.2 Å². The van der Waals surface area contributed by atoms with Gasteiger partial charge in [-0.15, -0.1) is 0 Å². The molecule has 5 nitrogen and oxygen atoms in total. The lowest BCUT2D eigenvalue weighted by Gasteiger charge is -2.34. The summed E-state index contributed by atoms with van der Waals surface area (Å²) in [4.78, 5) is 20.1. The highest BCUT2D eigenvalue weighted by Crippen LogP contribution is 2.18. The van der Waals surface area contributed by atoms with Crippen LogP contribution in [-0.4, -0.2) is 55.6 Å². The first kappa shape index (κ1) is 14.8. The Hall–Kier alpha value is -1.62. The Bertz CT molecular complexity index is 442. The van der Waals surface area contributed by atoms with Crippen molar-refractivity contribution in [2.45, 2.75) is 25.8 Å². The average Bonchev–Trinajstić information content (AvgIpc) is 2.47. The minimum absolute atomic E-state index is 0.00628. The zero-order chi connectivity index (χ0) is 14.5. The molecular formula is C15H24N4O. The van der Waals surface area contributed by atoms with Gasteiger partial charge in [-0.3, -0.25) is 4.79 Å². The first-order chi connectivity index (χ1) is 9.61. The summed E-state index contributed by atoms with van der Waals surface area (Å²) in [5.41, 5.74) is 0.638. The summed E-state index contributed by atoms with van der Waals surface area (Å²) in [5.74, 6) is 0.955. The van der Waals surface area contributed by atoms with E-state index in [-0.39, 0.29) is 5.91 Å². The number of piperidine rings is 1. The zero-order valence-electron chi connectivity index (χ0n) is 12.6. The molecular weight excluding hydrogens is 252 g/mol. The van der Waals surface area contributed by atoms with Crippen molar-refractivity contribution in [1.29, 1.82) is 0 Å². The highest BCUT2D eigenvalue weighted by atomic mass is 16.2. The largest absolute Gasteiger partial charge is 0.355 e. The Morgan fingerprint density at radius 2 is 2.30 bits per heavy atom. The Morgan fingerprint density at radius 1 is 1.50 bits per heavy atom. The highest BCUT2D eigenvalue weighted by Gasteiger charge is 2.20. The predicted octanol–water partition coefficient (Wildman–Crippen LogP) is 1.36. The van der Waals surface area contributed by atoms with E-state index in [1.807, 2.05) is 12.1 Å². The smallest absolute Gasteiger partial charge is 0.254 e. The number of hydrogen-bond acceptors (Lipinski definition) is 4. The van der Waals surface area contributed by atoms with Crippen LogP contribution in [-0.2, 0) is 0 Å². The average molecular weight is 276 g/mol. The van der Waals surface area contributed by atoms with Gasteiger partial charge in [0.1, 0.15) is 5.82 Å². The highest BCUT2D eigenvalue weighted by molar-refractivity contribution is 5.93. The van der Waals surface area contributed by atoms with Crippen LogP contribution in [0, 0.1) is 0 Å². The van der Waals surface area contributed by atoms with Crippen LogP contribution >= 0.6 is 0 Å². The third kappa shape index (κ3) is 3.48. The first-order valence-corrected chi connectivity index (χ1v) is 7.28. The number of nitrogens with zero attached hydrogens (tertiary/aromatic N) is 3. The standard InChI is InChI=1S/C15H24N4O/c1-4-16-13-6-5-9-19(11-13)14-8-7-12(10-17-14)15(20)18(2)3/h7-8,10,13,16H,4-6,9,11H2,1-3H3. The molecule has 110 valence electrons. The topological polar surface area (TPSA) is 48.5 Å². The van der Waals surface area contributed by atoms with Crippen molar-refractivity contribution in [2.75, 3.05) is 38.6 Å². The quantitative estimate of drug-likeness (QED) is 0.902. The van der Waals surface area contributed by atoms with Gasteiger partial charge < -0.3 is 15.1 Å². The van der Waals surface area contributed by atoms with E-state index >= 15 is 0 Å². The maximum atomic E-state index is 11.8. The zero-order valence-corrected chi connectivity index (χ0v) is 12.6. The summed E-state index contributed by atoms with van der Waals surface area (Å²) < 4.78 is 0. The third-order valence-electron chi connectivity index (χ3n) is 3.64. The molecule has 2 heterocycles. The van der Waals surface area contributed by atoms with Crippen molar-refractivity contribution in [3.05, 3.63) is 23.9 Å². The van der Waals surface area contributed by atoms with E-state index in [0.29, 0.717) is 11.6 Å². The number of carbonyl (C=O) groups is 1. The van der Waals surface area contributed by atoms with E-state index in [4.69, 9.17) is 0 Å². The first-order valence-electron chi connectivity index (χ1n) is 7.28. The van der Waals surface area contributed by atoms with Crippen LogP contribution in [0.25, 0.3) is 0 Å². The normalized spacial score (nSPS) is 18.9. The maximum Gasteiger partial charge on any atom is 0.254 e. The van der Waals surface area contributed by atoms with Crippen molar-refractivity contribution >= 4 is 11.7 Å². The number of likely N-dealkylation sites (N-methyl/N-ethyl adjacent to an activating group) is 1. The molecule has 1 aromatic rings. The van der Waals surface area contributed by atoms with E-state index < -0.39 is 0 Å². The minimum atomic E-state index is -0.00628. The summed E-state index contributed by atoms with van der Waals surface area (Å²) in [7, 11) is 3.50. The van der Waals surface area contributed by atoms with Crippen molar-refractivity contribution in [2.24, 2.45) is 0 Å². The Labute approximate surface area is 121 Å². The number of pyridine rings is 1. The Kier molecular flexibility index (Phi) is 4.95. The second-order valence-electron chi connectivity index (χ2n) is 5.45. The molecule has 1 amide bonds. The molecule has 0 spiro atoms. The van der Waals surface area contributed by atoms with Crippen LogP contribution in [0.5, 0.6) is 0 Å². The van der Waals surface area contributed by atoms with Crippen molar-refractivity contribution < 1.29 is 4.79 Å². The molecule has 1 aromatic heterocycles. The van der Waals surface area contributed by atoms with Crippen molar-refractivity contribution in [3.8, 4) is 0 Å². The molecule has 1 unspecified atom stereocenters. The second-order valence-corrected chi connectivity index (χ2v) is 5.45. The van der Waals surface area contributed by atoms with E-state index in [1.165, 1.54) is 12.8 Å². The van der Waals surface area contributed by atoms with E-state index in [0.717, 1.165) is 25.5 Å². The number of amides is 1. The summed E-state index contributed by atoms with van der Waals surface area (Å²) >= 11 is 0. The maximum absolute atomic E-state index is 11.8. The van der Waals surface area contributed by atoms with E-state index in [9.17, 15) is 4.79 Å². The van der Waals surface area contributed by atoms with Crippen molar-refractivity contribution in [3.63, 3.8) is 0 Å². The van der Waals surface area contributed by atoms with Gasteiger partial charge in [0.25, 0.3) is 5.91 Å². The SMILES string of the molecule is CCNC1CCCN(c2ccc(C(=O)N(C)C)cn2)C1. The number of nitrogens with one attached hydrogen (secondary N) is 1. The Balaban J connectivity index is 2.04. The number of hydrogen-bond donors (Lipinski definition) is 1. The molecule has 0 aromatic carbocycles. The van der Waals surface area contributed by atoms with Gasteiger partial charge in [0, 0.05) is 39.4 Å². The summed E-state index contributed by atoms with van der Waals surface area (Å²) in [5, 5.41) is 3.50. The molecule has 1 aliphatic rings. The van der Waals surface area contributed by atoms with Crippen LogP contribution in [0.2, 0.25) is 0 Å². The van der Waals surface area contributed by atoms with Crippen molar-refractivity contribution in [1.82, 2.24) is 15.2 Å². The predicted molar refractivity (Wildman–Crippen MR) is 81.2 cm³/mol. The molecule has 20 heavy (non-hydrogen) atoms. The third-order valence-corrected chi connectivity index (χ3v) is 3.64. The molecule has 1 N–H and O–H groups in total. The molecule has 0 aliphatic carbocycles. The van der Waals surface area contributed by atoms with Crippen LogP contribution in [0.1, 0.15) is 30.1 Å². The summed E-state index contributed by atoms with van der Waals surface area (Å²) in [6.07, 6.45) is 4.08. The Morgan fingerprint density at radius 3 is 2.90 bits per heavy atom. The van der Waals surface area contributed by atoms with Gasteiger partial charge in [-0.2, -0.15) is 0 Å². The monoisotopic (exact) mass is 276 g/mol. The molecule has 0 radical (unpaired) electrons. The number of aromatic nitrogens is 1. The molecule has 0 bridgehead atoms. The fraction of sp³-hybridized carbons (Fsp3) is 0.600. The van der Waals surface area contributed by atoms with Gasteiger partial charge in [-0.05, 0) is 31.5 Å². The lowest BCUT2D eigenvalue weighted by Crippen LogP contribution is -2.46. The van der Waals surface area contributed by atoms with Crippen LogP contribution in [0.15, 0.2) is 18.3 Å². The van der Waals surface area contributed by atoms with Crippen LogP contribution in [0.3, 0.4) is 0 Å². The number of carbonyl (C=O) groups excluding carboxylic acids is 1. The number of anilines is 1. The van der Waals surface area contributed by atoms with E-state index in [2.05, 4.69) is 22.1 Å². The fourth-order valence-electron chi connectivity index (χ4n) is 2.60.